The van der Waals surface area contributed by atoms with E-state index in [9.17, 15) is 9.50 Å². The van der Waals surface area contributed by atoms with E-state index >= 15 is 0 Å². The first-order valence-corrected chi connectivity index (χ1v) is 4.22. The van der Waals surface area contributed by atoms with Crippen molar-refractivity contribution in [3.8, 4) is 5.75 Å². The maximum atomic E-state index is 12.9. The number of phenols is 1. The lowest BCUT2D eigenvalue weighted by Gasteiger charge is -2.11. The van der Waals surface area contributed by atoms with Gasteiger partial charge >= 0.3 is 0 Å². The number of rotatable bonds is 2. The Balaban J connectivity index is 3.20. The van der Waals surface area contributed by atoms with Crippen molar-refractivity contribution in [1.82, 2.24) is 0 Å². The monoisotopic (exact) mass is 204 g/mol. The summed E-state index contributed by atoms with van der Waals surface area (Å²) < 4.78 is 12.9. The van der Waals surface area contributed by atoms with E-state index in [1.807, 2.05) is 0 Å². The van der Waals surface area contributed by atoms with Crippen LogP contribution in [0.1, 0.15) is 18.4 Å². The van der Waals surface area contributed by atoms with Crippen LogP contribution in [0.15, 0.2) is 12.1 Å². The van der Waals surface area contributed by atoms with Gasteiger partial charge in [-0.3, -0.25) is 0 Å². The highest BCUT2D eigenvalue weighted by atomic mass is 35.5. The first-order chi connectivity index (χ1) is 6.06. The van der Waals surface area contributed by atoms with Gasteiger partial charge in [-0.25, -0.2) is 4.39 Å². The van der Waals surface area contributed by atoms with Crippen LogP contribution >= 0.6 is 11.6 Å². The average Bonchev–Trinajstić information content (AvgIpc) is 2.10. The lowest BCUT2D eigenvalue weighted by atomic mass is 10.0. The first-order valence-electron chi connectivity index (χ1n) is 3.85. The van der Waals surface area contributed by atoms with Crippen LogP contribution in [0, 0.1) is 5.82 Å². The fourth-order valence-corrected chi connectivity index (χ4v) is 1.27. The molecule has 0 radical (unpaired) electrons. The molecule has 0 aliphatic heterocycles. The molecule has 0 amide bonds. The zero-order chi connectivity index (χ0) is 10.0. The molecule has 0 fully saturated rings. The van der Waals surface area contributed by atoms with Gasteiger partial charge in [0.15, 0.2) is 11.6 Å². The molecule has 1 aromatic rings. The van der Waals surface area contributed by atoms with Crippen LogP contribution < -0.4 is 0 Å². The molecule has 0 spiro atoms. The lowest BCUT2D eigenvalue weighted by Crippen LogP contribution is -2.00. The van der Waals surface area contributed by atoms with Crippen molar-refractivity contribution in [2.45, 2.75) is 12.8 Å². The topological polar surface area (TPSA) is 40.5 Å². The molecule has 4 heteroatoms. The van der Waals surface area contributed by atoms with Gasteiger partial charge in [0.05, 0.1) is 0 Å². The van der Waals surface area contributed by atoms with E-state index in [4.69, 9.17) is 16.7 Å². The SMILES string of the molecule is CC(CO)c1cc(Cl)cc(F)c1O. The van der Waals surface area contributed by atoms with Crippen LogP contribution in [0.4, 0.5) is 4.39 Å². The average molecular weight is 205 g/mol. The molecule has 0 heterocycles. The largest absolute Gasteiger partial charge is 0.505 e. The van der Waals surface area contributed by atoms with E-state index in [-0.39, 0.29) is 17.5 Å². The van der Waals surface area contributed by atoms with Gasteiger partial charge in [0.25, 0.3) is 0 Å². The van der Waals surface area contributed by atoms with Crippen molar-refractivity contribution in [2.24, 2.45) is 0 Å². The Bertz CT molecular complexity index is 315. The van der Waals surface area contributed by atoms with Crippen molar-refractivity contribution >= 4 is 11.6 Å². The Morgan fingerprint density at radius 3 is 2.69 bits per heavy atom. The smallest absolute Gasteiger partial charge is 0.166 e. The predicted molar refractivity (Wildman–Crippen MR) is 48.6 cm³/mol. The Labute approximate surface area is 80.6 Å². The van der Waals surface area contributed by atoms with Gasteiger partial charge in [-0.1, -0.05) is 18.5 Å². The Morgan fingerprint density at radius 1 is 1.54 bits per heavy atom. The molecule has 0 saturated carbocycles. The standard InChI is InChI=1S/C9H10ClFO2/c1-5(4-12)7-2-6(10)3-8(11)9(7)13/h2-3,5,12-13H,4H2,1H3. The summed E-state index contributed by atoms with van der Waals surface area (Å²) in [6.07, 6.45) is 0. The minimum atomic E-state index is -0.761. The van der Waals surface area contributed by atoms with Crippen molar-refractivity contribution in [3.63, 3.8) is 0 Å². The minimum absolute atomic E-state index is 0.159. The lowest BCUT2D eigenvalue weighted by molar-refractivity contribution is 0.269. The third kappa shape index (κ3) is 2.11. The number of phenolic OH excluding ortho intramolecular Hbond substituents is 1. The molecule has 72 valence electrons. The summed E-state index contributed by atoms with van der Waals surface area (Å²) in [5.74, 6) is -1.53. The zero-order valence-electron chi connectivity index (χ0n) is 7.09. The summed E-state index contributed by atoms with van der Waals surface area (Å²) >= 11 is 5.59. The van der Waals surface area contributed by atoms with Crippen LogP contribution in [0.2, 0.25) is 5.02 Å². The van der Waals surface area contributed by atoms with Crippen LogP contribution in [-0.2, 0) is 0 Å². The molecule has 13 heavy (non-hydrogen) atoms. The molecular weight excluding hydrogens is 195 g/mol. The number of benzene rings is 1. The third-order valence-corrected chi connectivity index (χ3v) is 2.08. The molecule has 0 aromatic heterocycles. The molecule has 1 aromatic carbocycles. The van der Waals surface area contributed by atoms with Gasteiger partial charge in [0, 0.05) is 23.1 Å². The normalized spacial score (nSPS) is 12.9. The molecule has 0 bridgehead atoms. The third-order valence-electron chi connectivity index (χ3n) is 1.86. The fourth-order valence-electron chi connectivity index (χ4n) is 1.06. The second-order valence-electron chi connectivity index (χ2n) is 2.91. The number of halogens is 2. The van der Waals surface area contributed by atoms with Crippen LogP contribution in [0.5, 0.6) is 5.75 Å². The summed E-state index contributed by atoms with van der Waals surface area (Å²) in [4.78, 5) is 0. The highest BCUT2D eigenvalue weighted by Crippen LogP contribution is 2.31. The van der Waals surface area contributed by atoms with Gasteiger partial charge < -0.3 is 10.2 Å². The van der Waals surface area contributed by atoms with Gasteiger partial charge in [-0.05, 0) is 12.1 Å². The molecule has 0 aliphatic rings. The van der Waals surface area contributed by atoms with Gasteiger partial charge in [-0.15, -0.1) is 0 Å². The van der Waals surface area contributed by atoms with Gasteiger partial charge in [0.2, 0.25) is 0 Å². The predicted octanol–water partition coefficient (Wildman–Crippen LogP) is 2.28. The molecule has 1 rings (SSSR count). The van der Waals surface area contributed by atoms with Crippen LogP contribution in [-0.4, -0.2) is 16.8 Å². The summed E-state index contributed by atoms with van der Waals surface area (Å²) in [5, 5.41) is 18.3. The Morgan fingerprint density at radius 2 is 2.15 bits per heavy atom. The van der Waals surface area contributed by atoms with E-state index in [1.54, 1.807) is 6.92 Å². The van der Waals surface area contributed by atoms with Crippen molar-refractivity contribution < 1.29 is 14.6 Å². The minimum Gasteiger partial charge on any atom is -0.505 e. The number of aromatic hydroxyl groups is 1. The Kier molecular flexibility index (Phi) is 3.12. The van der Waals surface area contributed by atoms with E-state index in [2.05, 4.69) is 0 Å². The van der Waals surface area contributed by atoms with E-state index in [0.29, 0.717) is 5.56 Å². The van der Waals surface area contributed by atoms with Gasteiger partial charge in [-0.2, -0.15) is 0 Å². The molecular formula is C9H10ClFO2. The van der Waals surface area contributed by atoms with Gasteiger partial charge in [0.1, 0.15) is 0 Å². The zero-order valence-corrected chi connectivity index (χ0v) is 7.85. The summed E-state index contributed by atoms with van der Waals surface area (Å²) in [6, 6.07) is 2.48. The quantitative estimate of drug-likeness (QED) is 0.776. The number of aliphatic hydroxyl groups is 1. The van der Waals surface area contributed by atoms with E-state index in [0.717, 1.165) is 6.07 Å². The van der Waals surface area contributed by atoms with Crippen LogP contribution in [0.25, 0.3) is 0 Å². The second kappa shape index (κ2) is 3.94. The van der Waals surface area contributed by atoms with Crippen molar-refractivity contribution in [2.75, 3.05) is 6.61 Å². The number of aliphatic hydroxyl groups excluding tert-OH is 1. The molecule has 0 saturated heterocycles. The molecule has 1 atom stereocenters. The molecule has 2 N–H and O–H groups in total. The highest BCUT2D eigenvalue weighted by Gasteiger charge is 2.14. The van der Waals surface area contributed by atoms with E-state index in [1.165, 1.54) is 6.07 Å². The van der Waals surface area contributed by atoms with E-state index < -0.39 is 11.6 Å². The summed E-state index contributed by atoms with van der Waals surface area (Å²) in [6.45, 7) is 1.51. The molecule has 1 unspecified atom stereocenters. The van der Waals surface area contributed by atoms with Crippen molar-refractivity contribution in [1.29, 1.82) is 0 Å². The summed E-state index contributed by atoms with van der Waals surface area (Å²) in [5.41, 5.74) is 0.326. The number of hydrogen-bond acceptors (Lipinski definition) is 2. The Hall–Kier alpha value is -0.800. The fraction of sp³-hybridized carbons (Fsp3) is 0.333. The molecule has 2 nitrogen and oxygen atoms in total. The highest BCUT2D eigenvalue weighted by molar-refractivity contribution is 6.30. The summed E-state index contributed by atoms with van der Waals surface area (Å²) in [7, 11) is 0. The maximum Gasteiger partial charge on any atom is 0.166 e. The van der Waals surface area contributed by atoms with Crippen molar-refractivity contribution in [3.05, 3.63) is 28.5 Å². The second-order valence-corrected chi connectivity index (χ2v) is 3.35. The van der Waals surface area contributed by atoms with Crippen LogP contribution in [0.3, 0.4) is 0 Å². The maximum absolute atomic E-state index is 12.9. The number of hydrogen-bond donors (Lipinski definition) is 2. The molecule has 0 aliphatic carbocycles. The first kappa shape index (κ1) is 10.3.